The number of benzene rings is 1. The lowest BCUT2D eigenvalue weighted by atomic mass is 10.1. The van der Waals surface area contributed by atoms with Gasteiger partial charge in [-0.2, -0.15) is 0 Å². The average molecular weight is 308 g/mol. The first-order valence-electron chi connectivity index (χ1n) is 7.35. The molecule has 0 aliphatic rings. The van der Waals surface area contributed by atoms with Crippen LogP contribution in [-0.4, -0.2) is 24.8 Å². The second kappa shape index (κ2) is 8.54. The topological polar surface area (TPSA) is 50.4 Å². The van der Waals surface area contributed by atoms with Crippen LogP contribution >= 0.6 is 0 Å². The molecule has 1 amide bonds. The number of ether oxygens (including phenoxy) is 1. The predicted molar refractivity (Wildman–Crippen MR) is 86.2 cm³/mol. The van der Waals surface area contributed by atoms with E-state index in [1.54, 1.807) is 6.07 Å². The van der Waals surface area contributed by atoms with Gasteiger partial charge in [-0.05, 0) is 33.8 Å². The fourth-order valence-corrected chi connectivity index (χ4v) is 1.75. The minimum atomic E-state index is -0.493. The van der Waals surface area contributed by atoms with Crippen LogP contribution in [0.4, 0.5) is 9.18 Å². The zero-order chi connectivity index (χ0) is 16.6. The normalized spacial score (nSPS) is 11.7. The van der Waals surface area contributed by atoms with E-state index in [-0.39, 0.29) is 5.82 Å². The van der Waals surface area contributed by atoms with Crippen LogP contribution in [0.2, 0.25) is 0 Å². The number of carbonyl (C=O) groups is 1. The Morgan fingerprint density at radius 3 is 2.64 bits per heavy atom. The van der Waals surface area contributed by atoms with Crippen molar-refractivity contribution in [2.24, 2.45) is 0 Å². The molecule has 0 aliphatic carbocycles. The SMILES string of the molecule is Cc1ccc(F)c(CNC/C=C/CNC(=O)OC(C)(C)C)c1. The fourth-order valence-electron chi connectivity index (χ4n) is 1.75. The molecule has 1 rings (SSSR count). The third kappa shape index (κ3) is 7.78. The van der Waals surface area contributed by atoms with Crippen molar-refractivity contribution < 1.29 is 13.9 Å². The van der Waals surface area contributed by atoms with Crippen LogP contribution < -0.4 is 10.6 Å². The van der Waals surface area contributed by atoms with Gasteiger partial charge in [0, 0.05) is 25.2 Å². The Morgan fingerprint density at radius 1 is 1.27 bits per heavy atom. The number of carbonyl (C=O) groups excluding carboxylic acids is 1. The van der Waals surface area contributed by atoms with Gasteiger partial charge in [0.2, 0.25) is 0 Å². The standard InChI is InChI=1S/C17H25FN2O2/c1-13-7-8-15(18)14(11-13)12-19-9-5-6-10-20-16(21)22-17(2,3)4/h5-8,11,19H,9-10,12H2,1-4H3,(H,20,21)/b6-5+. The minimum absolute atomic E-state index is 0.200. The second-order valence-electron chi connectivity index (χ2n) is 6.08. The Hall–Kier alpha value is -1.88. The first kappa shape index (κ1) is 18.2. The van der Waals surface area contributed by atoms with E-state index in [2.05, 4.69) is 10.6 Å². The highest BCUT2D eigenvalue weighted by molar-refractivity contribution is 5.67. The molecular weight excluding hydrogens is 283 g/mol. The number of amides is 1. The molecule has 0 unspecified atom stereocenters. The molecule has 5 heteroatoms. The van der Waals surface area contributed by atoms with E-state index >= 15 is 0 Å². The van der Waals surface area contributed by atoms with Gasteiger partial charge in [-0.1, -0.05) is 29.8 Å². The summed E-state index contributed by atoms with van der Waals surface area (Å²) in [4.78, 5) is 11.4. The molecule has 0 aromatic heterocycles. The van der Waals surface area contributed by atoms with Crippen molar-refractivity contribution in [3.8, 4) is 0 Å². The molecule has 0 heterocycles. The summed E-state index contributed by atoms with van der Waals surface area (Å²) in [5.74, 6) is -0.200. The molecule has 0 radical (unpaired) electrons. The Bertz CT molecular complexity index is 522. The summed E-state index contributed by atoms with van der Waals surface area (Å²) in [5, 5.41) is 5.75. The van der Waals surface area contributed by atoms with E-state index < -0.39 is 11.7 Å². The van der Waals surface area contributed by atoms with E-state index in [1.165, 1.54) is 6.07 Å². The molecule has 0 fully saturated rings. The zero-order valence-electron chi connectivity index (χ0n) is 13.7. The number of hydrogen-bond donors (Lipinski definition) is 2. The van der Waals surface area contributed by atoms with E-state index in [9.17, 15) is 9.18 Å². The van der Waals surface area contributed by atoms with Crippen LogP contribution in [0.3, 0.4) is 0 Å². The number of nitrogens with one attached hydrogen (secondary N) is 2. The molecule has 0 saturated carbocycles. The number of halogens is 1. The summed E-state index contributed by atoms with van der Waals surface area (Å²) in [6, 6.07) is 5.06. The predicted octanol–water partition coefficient (Wildman–Crippen LogP) is 3.30. The molecule has 22 heavy (non-hydrogen) atoms. The zero-order valence-corrected chi connectivity index (χ0v) is 13.7. The Kier molecular flexibility index (Phi) is 7.05. The smallest absolute Gasteiger partial charge is 0.407 e. The average Bonchev–Trinajstić information content (AvgIpc) is 2.39. The van der Waals surface area contributed by atoms with Gasteiger partial charge in [-0.3, -0.25) is 0 Å². The Balaban J connectivity index is 2.19. The van der Waals surface area contributed by atoms with Crippen LogP contribution in [0, 0.1) is 12.7 Å². The van der Waals surface area contributed by atoms with Crippen molar-refractivity contribution in [3.63, 3.8) is 0 Å². The summed E-state index contributed by atoms with van der Waals surface area (Å²) in [6.07, 6.45) is 3.26. The van der Waals surface area contributed by atoms with Crippen LogP contribution in [-0.2, 0) is 11.3 Å². The van der Waals surface area contributed by atoms with Gasteiger partial charge in [-0.25, -0.2) is 9.18 Å². The number of alkyl carbamates (subject to hydrolysis) is 1. The highest BCUT2D eigenvalue weighted by Gasteiger charge is 2.14. The minimum Gasteiger partial charge on any atom is -0.444 e. The maximum Gasteiger partial charge on any atom is 0.407 e. The third-order valence-corrected chi connectivity index (χ3v) is 2.71. The maximum absolute atomic E-state index is 13.5. The number of aryl methyl sites for hydroxylation is 1. The molecule has 4 nitrogen and oxygen atoms in total. The maximum atomic E-state index is 13.5. The molecule has 2 N–H and O–H groups in total. The number of hydrogen-bond acceptors (Lipinski definition) is 3. The van der Waals surface area contributed by atoms with Crippen molar-refractivity contribution in [3.05, 3.63) is 47.3 Å². The van der Waals surface area contributed by atoms with E-state index in [4.69, 9.17) is 4.74 Å². The summed E-state index contributed by atoms with van der Waals surface area (Å²) in [5.41, 5.74) is 1.20. The van der Waals surface area contributed by atoms with Crippen molar-refractivity contribution in [2.45, 2.75) is 39.8 Å². The molecular formula is C17H25FN2O2. The lowest BCUT2D eigenvalue weighted by molar-refractivity contribution is 0.0534. The van der Waals surface area contributed by atoms with Gasteiger partial charge < -0.3 is 15.4 Å². The quantitative estimate of drug-likeness (QED) is 0.626. The van der Waals surface area contributed by atoms with Crippen molar-refractivity contribution >= 4 is 6.09 Å². The summed E-state index contributed by atoms with van der Waals surface area (Å²) < 4.78 is 18.6. The molecule has 0 atom stereocenters. The van der Waals surface area contributed by atoms with Gasteiger partial charge in [0.15, 0.2) is 0 Å². The lowest BCUT2D eigenvalue weighted by Gasteiger charge is -2.19. The molecule has 1 aromatic rings. The fraction of sp³-hybridized carbons (Fsp3) is 0.471. The van der Waals surface area contributed by atoms with Crippen LogP contribution in [0.1, 0.15) is 31.9 Å². The Morgan fingerprint density at radius 2 is 1.95 bits per heavy atom. The van der Waals surface area contributed by atoms with E-state index in [0.29, 0.717) is 25.2 Å². The molecule has 1 aromatic carbocycles. The summed E-state index contributed by atoms with van der Waals surface area (Å²) >= 11 is 0. The molecule has 122 valence electrons. The molecule has 0 saturated heterocycles. The van der Waals surface area contributed by atoms with E-state index in [0.717, 1.165) is 5.56 Å². The highest BCUT2D eigenvalue weighted by Crippen LogP contribution is 2.09. The third-order valence-electron chi connectivity index (χ3n) is 2.71. The molecule has 0 bridgehead atoms. The van der Waals surface area contributed by atoms with Crippen molar-refractivity contribution in [1.82, 2.24) is 10.6 Å². The van der Waals surface area contributed by atoms with Crippen molar-refractivity contribution in [2.75, 3.05) is 13.1 Å². The summed E-state index contributed by atoms with van der Waals surface area (Å²) in [6.45, 7) is 8.85. The van der Waals surface area contributed by atoms with Gasteiger partial charge in [0.05, 0.1) is 0 Å². The molecule has 0 aliphatic heterocycles. The van der Waals surface area contributed by atoms with Gasteiger partial charge in [0.1, 0.15) is 11.4 Å². The monoisotopic (exact) mass is 308 g/mol. The largest absolute Gasteiger partial charge is 0.444 e. The van der Waals surface area contributed by atoms with Crippen LogP contribution in [0.15, 0.2) is 30.4 Å². The van der Waals surface area contributed by atoms with E-state index in [1.807, 2.05) is 45.9 Å². The first-order chi connectivity index (χ1) is 10.3. The lowest BCUT2D eigenvalue weighted by Crippen LogP contribution is -2.32. The van der Waals surface area contributed by atoms with Crippen LogP contribution in [0.5, 0.6) is 0 Å². The van der Waals surface area contributed by atoms with Gasteiger partial charge in [-0.15, -0.1) is 0 Å². The van der Waals surface area contributed by atoms with Gasteiger partial charge >= 0.3 is 6.09 Å². The molecule has 0 spiro atoms. The van der Waals surface area contributed by atoms with Crippen molar-refractivity contribution in [1.29, 1.82) is 0 Å². The highest BCUT2D eigenvalue weighted by atomic mass is 19.1. The summed E-state index contributed by atoms with van der Waals surface area (Å²) in [7, 11) is 0. The Labute approximate surface area is 131 Å². The van der Waals surface area contributed by atoms with Gasteiger partial charge in [0.25, 0.3) is 0 Å². The number of rotatable bonds is 6. The second-order valence-corrected chi connectivity index (χ2v) is 6.08. The first-order valence-corrected chi connectivity index (χ1v) is 7.35. The van der Waals surface area contributed by atoms with Crippen LogP contribution in [0.25, 0.3) is 0 Å².